The van der Waals surface area contributed by atoms with E-state index in [4.69, 9.17) is 0 Å². The Bertz CT molecular complexity index is 670. The minimum absolute atomic E-state index is 0.492. The minimum atomic E-state index is 0.492. The number of aryl methyl sites for hydroxylation is 1. The number of nitriles is 1. The number of nitrogens with zero attached hydrogens (tertiary/aromatic N) is 4. The van der Waals surface area contributed by atoms with Crippen molar-refractivity contribution in [3.05, 3.63) is 41.1 Å². The van der Waals surface area contributed by atoms with Crippen molar-refractivity contribution in [2.75, 3.05) is 24.3 Å². The molecule has 5 heteroatoms. The van der Waals surface area contributed by atoms with Gasteiger partial charge in [0.1, 0.15) is 11.6 Å². The van der Waals surface area contributed by atoms with Crippen molar-refractivity contribution < 1.29 is 0 Å². The summed E-state index contributed by atoms with van der Waals surface area (Å²) in [4.78, 5) is 2.02. The van der Waals surface area contributed by atoms with Crippen LogP contribution >= 0.6 is 0 Å². The third kappa shape index (κ3) is 2.69. The topological polar surface area (TPSA) is 64.8 Å². The summed E-state index contributed by atoms with van der Waals surface area (Å²) in [6, 6.07) is 10.1. The van der Waals surface area contributed by atoms with Gasteiger partial charge in [0.15, 0.2) is 5.82 Å². The highest BCUT2D eigenvalue weighted by molar-refractivity contribution is 5.67. The zero-order valence-corrected chi connectivity index (χ0v) is 12.1. The van der Waals surface area contributed by atoms with E-state index in [1.165, 1.54) is 0 Å². The lowest BCUT2D eigenvalue weighted by Crippen LogP contribution is -2.09. The van der Waals surface area contributed by atoms with E-state index in [9.17, 15) is 5.26 Å². The molecule has 0 radical (unpaired) electrons. The van der Waals surface area contributed by atoms with E-state index in [-0.39, 0.29) is 0 Å². The zero-order valence-electron chi connectivity index (χ0n) is 12.1. The predicted octanol–water partition coefficient (Wildman–Crippen LogP) is 2.77. The molecule has 20 heavy (non-hydrogen) atoms. The molecule has 0 bridgehead atoms. The Morgan fingerprint density at radius 2 is 1.95 bits per heavy atom. The fraction of sp³-hybridized carbons (Fsp3) is 0.267. The molecule has 0 spiro atoms. The molecule has 1 N–H and O–H groups in total. The molecule has 0 fully saturated rings. The van der Waals surface area contributed by atoms with Gasteiger partial charge < -0.3 is 10.2 Å². The van der Waals surface area contributed by atoms with Gasteiger partial charge in [-0.15, -0.1) is 5.10 Å². The van der Waals surface area contributed by atoms with Gasteiger partial charge in [-0.05, 0) is 37.6 Å². The second-order valence-corrected chi connectivity index (χ2v) is 4.82. The van der Waals surface area contributed by atoms with Gasteiger partial charge in [0.05, 0.1) is 5.69 Å². The summed E-state index contributed by atoms with van der Waals surface area (Å²) < 4.78 is 0. The lowest BCUT2D eigenvalue weighted by atomic mass is 10.1. The van der Waals surface area contributed by atoms with Crippen molar-refractivity contribution in [2.45, 2.75) is 13.8 Å². The number of anilines is 3. The van der Waals surface area contributed by atoms with E-state index in [2.05, 4.69) is 21.6 Å². The fourth-order valence-corrected chi connectivity index (χ4v) is 1.83. The van der Waals surface area contributed by atoms with E-state index in [0.717, 1.165) is 22.6 Å². The summed E-state index contributed by atoms with van der Waals surface area (Å²) in [5, 5.41) is 20.6. The maximum Gasteiger partial charge on any atom is 0.171 e. The summed E-state index contributed by atoms with van der Waals surface area (Å²) in [5.41, 5.74) is 4.12. The Kier molecular flexibility index (Phi) is 3.85. The molecule has 102 valence electrons. The molecule has 1 aromatic carbocycles. The Balaban J connectivity index is 2.38. The van der Waals surface area contributed by atoms with Crippen LogP contribution in [-0.4, -0.2) is 24.3 Å². The Hall–Kier alpha value is -2.61. The van der Waals surface area contributed by atoms with Gasteiger partial charge in [-0.3, -0.25) is 0 Å². The van der Waals surface area contributed by atoms with Crippen molar-refractivity contribution in [1.29, 1.82) is 5.26 Å². The van der Waals surface area contributed by atoms with Gasteiger partial charge in [0.2, 0.25) is 0 Å². The first kappa shape index (κ1) is 13.8. The average Bonchev–Trinajstić information content (AvgIpc) is 2.43. The Labute approximate surface area is 118 Å². The van der Waals surface area contributed by atoms with Crippen LogP contribution in [0, 0.1) is 25.2 Å². The third-order valence-corrected chi connectivity index (χ3v) is 3.19. The highest BCUT2D eigenvalue weighted by atomic mass is 15.2. The first-order chi connectivity index (χ1) is 9.52. The summed E-state index contributed by atoms with van der Waals surface area (Å²) in [6.07, 6.45) is 0. The van der Waals surface area contributed by atoms with E-state index < -0.39 is 0 Å². The maximum absolute atomic E-state index is 9.28. The largest absolute Gasteiger partial charge is 0.378 e. The first-order valence-corrected chi connectivity index (χ1v) is 6.31. The standard InChI is InChI=1S/C15H17N5/c1-10-11(2)18-19-15(14(10)9-16)17-12-6-5-7-13(8-12)20(3)4/h5-8H,1-4H3,(H,17,19). The van der Waals surface area contributed by atoms with Crippen LogP contribution in [0.15, 0.2) is 24.3 Å². The lowest BCUT2D eigenvalue weighted by Gasteiger charge is -2.15. The Morgan fingerprint density at radius 3 is 2.60 bits per heavy atom. The molecule has 0 aliphatic carbocycles. The smallest absolute Gasteiger partial charge is 0.171 e. The molecule has 0 saturated carbocycles. The third-order valence-electron chi connectivity index (χ3n) is 3.19. The van der Waals surface area contributed by atoms with Crippen molar-refractivity contribution in [1.82, 2.24) is 10.2 Å². The van der Waals surface area contributed by atoms with E-state index in [0.29, 0.717) is 11.4 Å². The average molecular weight is 267 g/mol. The summed E-state index contributed by atoms with van der Waals surface area (Å²) in [6.45, 7) is 3.73. The summed E-state index contributed by atoms with van der Waals surface area (Å²) in [5.74, 6) is 0.492. The number of hydrogen-bond donors (Lipinski definition) is 1. The quantitative estimate of drug-likeness (QED) is 0.926. The van der Waals surface area contributed by atoms with Crippen LogP contribution < -0.4 is 10.2 Å². The van der Waals surface area contributed by atoms with Gasteiger partial charge in [0, 0.05) is 25.5 Å². The minimum Gasteiger partial charge on any atom is -0.378 e. The van der Waals surface area contributed by atoms with Crippen LogP contribution in [0.4, 0.5) is 17.2 Å². The molecule has 0 saturated heterocycles. The molecular weight excluding hydrogens is 250 g/mol. The van der Waals surface area contributed by atoms with Gasteiger partial charge in [-0.1, -0.05) is 6.07 Å². The number of aromatic nitrogens is 2. The number of benzene rings is 1. The zero-order chi connectivity index (χ0) is 14.7. The highest BCUT2D eigenvalue weighted by Gasteiger charge is 2.11. The van der Waals surface area contributed by atoms with Crippen LogP contribution in [0.1, 0.15) is 16.8 Å². The van der Waals surface area contributed by atoms with Crippen LogP contribution in [-0.2, 0) is 0 Å². The normalized spacial score (nSPS) is 9.95. The van der Waals surface area contributed by atoms with Gasteiger partial charge >= 0.3 is 0 Å². The lowest BCUT2D eigenvalue weighted by molar-refractivity contribution is 0.960. The van der Waals surface area contributed by atoms with Crippen molar-refractivity contribution in [3.8, 4) is 6.07 Å². The summed E-state index contributed by atoms with van der Waals surface area (Å²) >= 11 is 0. The van der Waals surface area contributed by atoms with Crippen LogP contribution in [0.3, 0.4) is 0 Å². The molecule has 2 aromatic rings. The SMILES string of the molecule is Cc1nnc(Nc2cccc(N(C)C)c2)c(C#N)c1C. The van der Waals surface area contributed by atoms with Gasteiger partial charge in [0.25, 0.3) is 0 Å². The molecule has 5 nitrogen and oxygen atoms in total. The molecule has 2 rings (SSSR count). The molecule has 0 unspecified atom stereocenters. The maximum atomic E-state index is 9.28. The van der Waals surface area contributed by atoms with E-state index in [1.807, 2.05) is 57.1 Å². The van der Waals surface area contributed by atoms with Crippen molar-refractivity contribution in [2.24, 2.45) is 0 Å². The van der Waals surface area contributed by atoms with Crippen LogP contribution in [0.25, 0.3) is 0 Å². The fourth-order valence-electron chi connectivity index (χ4n) is 1.83. The number of rotatable bonds is 3. The molecule has 1 heterocycles. The highest BCUT2D eigenvalue weighted by Crippen LogP contribution is 2.24. The predicted molar refractivity (Wildman–Crippen MR) is 80.3 cm³/mol. The monoisotopic (exact) mass is 267 g/mol. The number of nitrogens with one attached hydrogen (secondary N) is 1. The van der Waals surface area contributed by atoms with Crippen LogP contribution in [0.5, 0.6) is 0 Å². The molecule has 0 amide bonds. The second kappa shape index (κ2) is 5.57. The molecular formula is C15H17N5. The second-order valence-electron chi connectivity index (χ2n) is 4.82. The van der Waals surface area contributed by atoms with E-state index in [1.54, 1.807) is 0 Å². The van der Waals surface area contributed by atoms with E-state index >= 15 is 0 Å². The number of hydrogen-bond acceptors (Lipinski definition) is 5. The molecule has 0 aliphatic heterocycles. The molecule has 1 aromatic heterocycles. The van der Waals surface area contributed by atoms with Gasteiger partial charge in [-0.2, -0.15) is 10.4 Å². The Morgan fingerprint density at radius 1 is 1.20 bits per heavy atom. The molecule has 0 atom stereocenters. The van der Waals surface area contributed by atoms with Crippen LogP contribution in [0.2, 0.25) is 0 Å². The van der Waals surface area contributed by atoms with Crippen molar-refractivity contribution >= 4 is 17.2 Å². The summed E-state index contributed by atoms with van der Waals surface area (Å²) in [7, 11) is 3.96. The molecule has 0 aliphatic rings. The first-order valence-electron chi connectivity index (χ1n) is 6.31. The van der Waals surface area contributed by atoms with Crippen molar-refractivity contribution in [3.63, 3.8) is 0 Å². The van der Waals surface area contributed by atoms with Gasteiger partial charge in [-0.25, -0.2) is 0 Å².